The second-order valence-electron chi connectivity index (χ2n) is 5.77. The molecule has 1 N–H and O–H groups in total. The molecule has 0 aromatic carbocycles. The lowest BCUT2D eigenvalue weighted by Gasteiger charge is -2.22. The van der Waals surface area contributed by atoms with E-state index in [2.05, 4.69) is 15.0 Å². The lowest BCUT2D eigenvalue weighted by atomic mass is 9.93. The predicted octanol–water partition coefficient (Wildman–Crippen LogP) is 3.75. The third-order valence-corrected chi connectivity index (χ3v) is 4.87. The number of fused-ring (bicyclic) bond motifs is 1. The average molecular weight is 295 g/mol. The topological polar surface area (TPSA) is 50.8 Å². The molecule has 21 heavy (non-hydrogen) atoms. The Morgan fingerprint density at radius 1 is 1.43 bits per heavy atom. The van der Waals surface area contributed by atoms with E-state index in [9.17, 15) is 8.78 Å². The Balaban J connectivity index is 2.09. The minimum Gasteiger partial charge on any atom is -0.479 e. The molecule has 114 valence electrons. The van der Waals surface area contributed by atoms with Crippen molar-refractivity contribution in [3.05, 3.63) is 18.1 Å². The highest BCUT2D eigenvalue weighted by molar-refractivity contribution is 5.83. The largest absolute Gasteiger partial charge is 0.479 e. The number of H-pyrrole nitrogens is 1. The maximum absolute atomic E-state index is 14.6. The Bertz CT molecular complexity index is 655. The monoisotopic (exact) mass is 295 g/mol. The van der Waals surface area contributed by atoms with Crippen LogP contribution < -0.4 is 4.74 Å². The quantitative estimate of drug-likeness (QED) is 0.938. The minimum atomic E-state index is -2.71. The van der Waals surface area contributed by atoms with Crippen LogP contribution in [-0.2, 0) is 0 Å². The number of alkyl halides is 2. The molecule has 1 fully saturated rings. The standard InChI is InChI=1S/C15H19F2N3O/c1-4-9-5-11(15(16,17)8(9)2)10-6-18-13-12(10)19-7-20-14(13)21-3/h6-9,11,18H,4-5H2,1-3H3/t8-,9+,11-/m1/s1. The van der Waals surface area contributed by atoms with Crippen molar-refractivity contribution in [2.45, 2.75) is 38.5 Å². The van der Waals surface area contributed by atoms with Gasteiger partial charge in [0.1, 0.15) is 11.8 Å². The van der Waals surface area contributed by atoms with Crippen LogP contribution in [0.4, 0.5) is 8.78 Å². The van der Waals surface area contributed by atoms with Crippen LogP contribution in [-0.4, -0.2) is 28.0 Å². The summed E-state index contributed by atoms with van der Waals surface area (Å²) >= 11 is 0. The molecule has 2 aromatic heterocycles. The van der Waals surface area contributed by atoms with Crippen molar-refractivity contribution in [1.29, 1.82) is 0 Å². The summed E-state index contributed by atoms with van der Waals surface area (Å²) in [7, 11) is 1.50. The van der Waals surface area contributed by atoms with E-state index in [1.807, 2.05) is 6.92 Å². The van der Waals surface area contributed by atoms with E-state index in [-0.39, 0.29) is 5.92 Å². The zero-order chi connectivity index (χ0) is 15.2. The van der Waals surface area contributed by atoms with Gasteiger partial charge < -0.3 is 9.72 Å². The van der Waals surface area contributed by atoms with Gasteiger partial charge in [0, 0.05) is 17.7 Å². The molecule has 1 aliphatic carbocycles. The Labute approximate surface area is 121 Å². The van der Waals surface area contributed by atoms with Crippen LogP contribution in [0.5, 0.6) is 5.88 Å². The van der Waals surface area contributed by atoms with Crippen LogP contribution in [0.15, 0.2) is 12.5 Å². The van der Waals surface area contributed by atoms with Gasteiger partial charge in [0.05, 0.1) is 18.5 Å². The summed E-state index contributed by atoms with van der Waals surface area (Å²) in [6, 6.07) is 0. The number of hydrogen-bond donors (Lipinski definition) is 1. The highest BCUT2D eigenvalue weighted by Gasteiger charge is 2.55. The number of aromatic nitrogens is 3. The number of rotatable bonds is 3. The summed E-state index contributed by atoms with van der Waals surface area (Å²) < 4.78 is 34.4. The molecule has 6 heteroatoms. The van der Waals surface area contributed by atoms with Gasteiger partial charge in [0.15, 0.2) is 0 Å². The zero-order valence-electron chi connectivity index (χ0n) is 12.4. The maximum Gasteiger partial charge on any atom is 0.257 e. The van der Waals surface area contributed by atoms with Crippen molar-refractivity contribution in [3.8, 4) is 5.88 Å². The first-order chi connectivity index (χ1) is 10.0. The molecule has 0 unspecified atom stereocenters. The molecular weight excluding hydrogens is 276 g/mol. The summed E-state index contributed by atoms with van der Waals surface area (Å²) in [5.74, 6) is -3.70. The smallest absolute Gasteiger partial charge is 0.257 e. The SMILES string of the molecule is CC[C@H]1C[C@H](c2c[nH]c3c(OC)ncnc23)C(F)(F)[C@@H]1C. The van der Waals surface area contributed by atoms with Crippen molar-refractivity contribution in [1.82, 2.24) is 15.0 Å². The van der Waals surface area contributed by atoms with E-state index >= 15 is 0 Å². The molecule has 0 aliphatic heterocycles. The van der Waals surface area contributed by atoms with Crippen molar-refractivity contribution < 1.29 is 13.5 Å². The number of halogens is 2. The van der Waals surface area contributed by atoms with Crippen LogP contribution in [0.25, 0.3) is 11.0 Å². The van der Waals surface area contributed by atoms with Crippen LogP contribution in [0.3, 0.4) is 0 Å². The van der Waals surface area contributed by atoms with Crippen molar-refractivity contribution in [2.75, 3.05) is 7.11 Å². The molecule has 3 atom stereocenters. The normalized spacial score (nSPS) is 28.1. The van der Waals surface area contributed by atoms with E-state index < -0.39 is 17.8 Å². The summed E-state index contributed by atoms with van der Waals surface area (Å²) in [6.45, 7) is 3.62. The molecule has 0 bridgehead atoms. The molecule has 2 aromatic rings. The summed E-state index contributed by atoms with van der Waals surface area (Å²) in [4.78, 5) is 11.2. The molecule has 0 amide bonds. The fraction of sp³-hybridized carbons (Fsp3) is 0.600. The van der Waals surface area contributed by atoms with E-state index in [1.165, 1.54) is 13.4 Å². The Morgan fingerprint density at radius 2 is 2.19 bits per heavy atom. The van der Waals surface area contributed by atoms with Crippen LogP contribution in [0.2, 0.25) is 0 Å². The molecule has 0 spiro atoms. The number of aromatic amines is 1. The molecule has 3 rings (SSSR count). The van der Waals surface area contributed by atoms with Crippen LogP contribution in [0.1, 0.15) is 38.2 Å². The second-order valence-corrected chi connectivity index (χ2v) is 5.77. The van der Waals surface area contributed by atoms with E-state index in [1.54, 1.807) is 13.1 Å². The molecule has 4 nitrogen and oxygen atoms in total. The average Bonchev–Trinajstić information content (AvgIpc) is 2.99. The van der Waals surface area contributed by atoms with E-state index in [4.69, 9.17) is 4.74 Å². The molecule has 1 aliphatic rings. The van der Waals surface area contributed by atoms with Gasteiger partial charge in [-0.15, -0.1) is 0 Å². The van der Waals surface area contributed by atoms with Gasteiger partial charge in [-0.05, 0) is 12.3 Å². The molecule has 0 saturated heterocycles. The van der Waals surface area contributed by atoms with Gasteiger partial charge in [-0.3, -0.25) is 0 Å². The van der Waals surface area contributed by atoms with E-state index in [0.717, 1.165) is 6.42 Å². The van der Waals surface area contributed by atoms with Crippen LogP contribution in [0, 0.1) is 11.8 Å². The van der Waals surface area contributed by atoms with Crippen molar-refractivity contribution in [2.24, 2.45) is 11.8 Å². The lowest BCUT2D eigenvalue weighted by molar-refractivity contribution is -0.0529. The predicted molar refractivity (Wildman–Crippen MR) is 75.7 cm³/mol. The first kappa shape index (κ1) is 14.2. The van der Waals surface area contributed by atoms with Gasteiger partial charge in [0.25, 0.3) is 5.92 Å². The maximum atomic E-state index is 14.6. The summed E-state index contributed by atoms with van der Waals surface area (Å²) in [5.41, 5.74) is 1.69. The number of methoxy groups -OCH3 is 1. The molecular formula is C15H19F2N3O. The van der Waals surface area contributed by atoms with Gasteiger partial charge in [-0.25, -0.2) is 13.8 Å². The minimum absolute atomic E-state index is 0.0404. The third-order valence-electron chi connectivity index (χ3n) is 4.87. The first-order valence-electron chi connectivity index (χ1n) is 7.24. The van der Waals surface area contributed by atoms with Gasteiger partial charge in [-0.2, -0.15) is 4.98 Å². The van der Waals surface area contributed by atoms with Gasteiger partial charge in [-0.1, -0.05) is 20.3 Å². The highest BCUT2D eigenvalue weighted by Crippen LogP contribution is 2.55. The number of ether oxygens (including phenoxy) is 1. The third kappa shape index (κ3) is 2.00. The number of hydrogen-bond acceptors (Lipinski definition) is 3. The Hall–Kier alpha value is -1.72. The Morgan fingerprint density at radius 3 is 2.81 bits per heavy atom. The summed E-state index contributed by atoms with van der Waals surface area (Å²) in [6.07, 6.45) is 4.25. The molecule has 0 radical (unpaired) electrons. The fourth-order valence-corrected chi connectivity index (χ4v) is 3.51. The molecule has 1 saturated carbocycles. The Kier molecular flexibility index (Phi) is 3.34. The fourth-order valence-electron chi connectivity index (χ4n) is 3.51. The van der Waals surface area contributed by atoms with E-state index in [0.29, 0.717) is 28.9 Å². The van der Waals surface area contributed by atoms with Gasteiger partial charge in [0.2, 0.25) is 5.88 Å². The molecule has 2 heterocycles. The van der Waals surface area contributed by atoms with Crippen molar-refractivity contribution in [3.63, 3.8) is 0 Å². The number of nitrogens with one attached hydrogen (secondary N) is 1. The number of nitrogens with zero attached hydrogens (tertiary/aromatic N) is 2. The summed E-state index contributed by atoms with van der Waals surface area (Å²) in [5, 5.41) is 0. The second kappa shape index (κ2) is 4.93. The lowest BCUT2D eigenvalue weighted by Crippen LogP contribution is -2.27. The zero-order valence-corrected chi connectivity index (χ0v) is 12.4. The highest BCUT2D eigenvalue weighted by atomic mass is 19.3. The first-order valence-corrected chi connectivity index (χ1v) is 7.24. The van der Waals surface area contributed by atoms with Crippen molar-refractivity contribution >= 4 is 11.0 Å². The van der Waals surface area contributed by atoms with Gasteiger partial charge >= 0.3 is 0 Å². The van der Waals surface area contributed by atoms with Crippen LogP contribution >= 0.6 is 0 Å².